The Morgan fingerprint density at radius 2 is 1.96 bits per heavy atom. The number of aliphatic imine (C=N–C) groups is 1. The van der Waals surface area contributed by atoms with Gasteiger partial charge in [0.25, 0.3) is 0 Å². The Kier molecular flexibility index (Phi) is 8.06. The molecule has 1 unspecified atom stereocenters. The van der Waals surface area contributed by atoms with Crippen molar-refractivity contribution in [3.05, 3.63) is 45.9 Å². The van der Waals surface area contributed by atoms with E-state index in [0.29, 0.717) is 13.1 Å². The van der Waals surface area contributed by atoms with Gasteiger partial charge in [0.05, 0.1) is 18.8 Å². The van der Waals surface area contributed by atoms with Gasteiger partial charge in [0, 0.05) is 45.9 Å². The molecule has 148 valence electrons. The number of hydrogen-bond acceptors (Lipinski definition) is 5. The van der Waals surface area contributed by atoms with Crippen LogP contribution in [0.2, 0.25) is 0 Å². The molecule has 0 spiro atoms. The third-order valence-corrected chi connectivity index (χ3v) is 5.29. The molecule has 1 N–H and O–H groups in total. The summed E-state index contributed by atoms with van der Waals surface area (Å²) in [5, 5.41) is 6.45. The van der Waals surface area contributed by atoms with Crippen molar-refractivity contribution in [3.63, 3.8) is 0 Å². The van der Waals surface area contributed by atoms with Crippen LogP contribution in [-0.4, -0.2) is 50.6 Å². The fourth-order valence-corrected chi connectivity index (χ4v) is 3.38. The number of thiazole rings is 1. The van der Waals surface area contributed by atoms with Gasteiger partial charge < -0.3 is 19.9 Å². The summed E-state index contributed by atoms with van der Waals surface area (Å²) in [6.07, 6.45) is 0.0288. The predicted octanol–water partition coefficient (Wildman–Crippen LogP) is 3.51. The summed E-state index contributed by atoms with van der Waals surface area (Å²) in [5.41, 5.74) is 3.41. The zero-order valence-electron chi connectivity index (χ0n) is 17.2. The number of nitrogens with one attached hydrogen (secondary N) is 1. The number of rotatable bonds is 8. The van der Waals surface area contributed by atoms with E-state index < -0.39 is 0 Å². The van der Waals surface area contributed by atoms with Gasteiger partial charge in [0.2, 0.25) is 0 Å². The maximum absolute atomic E-state index is 5.35. The van der Waals surface area contributed by atoms with E-state index in [1.807, 2.05) is 28.1 Å². The summed E-state index contributed by atoms with van der Waals surface area (Å²) in [6.45, 7) is 6.27. The molecule has 27 heavy (non-hydrogen) atoms. The third kappa shape index (κ3) is 6.22. The zero-order chi connectivity index (χ0) is 19.8. The minimum absolute atomic E-state index is 0.0288. The van der Waals surface area contributed by atoms with Crippen LogP contribution in [0.5, 0.6) is 0 Å². The summed E-state index contributed by atoms with van der Waals surface area (Å²) in [6, 6.07) is 8.49. The second-order valence-electron chi connectivity index (χ2n) is 6.64. The highest BCUT2D eigenvalue weighted by atomic mass is 32.1. The molecule has 7 heteroatoms. The molecule has 2 rings (SSSR count). The van der Waals surface area contributed by atoms with Crippen LogP contribution in [0.4, 0.5) is 5.69 Å². The van der Waals surface area contributed by atoms with E-state index in [1.165, 1.54) is 11.3 Å². The van der Waals surface area contributed by atoms with Crippen molar-refractivity contribution in [2.45, 2.75) is 33.0 Å². The Bertz CT molecular complexity index is 726. The summed E-state index contributed by atoms with van der Waals surface area (Å²) in [5.74, 6) is 0.878. The number of aromatic nitrogens is 1. The van der Waals surface area contributed by atoms with Gasteiger partial charge in [0.15, 0.2) is 5.96 Å². The Labute approximate surface area is 166 Å². The van der Waals surface area contributed by atoms with Crippen molar-refractivity contribution in [2.24, 2.45) is 4.99 Å². The normalized spacial score (nSPS) is 12.7. The second kappa shape index (κ2) is 10.3. The SMILES string of the molecule is CCNC(=NCc1ccc(N(C)C)cc1)N(C)Cc1csc(C(C)OC)n1. The van der Waals surface area contributed by atoms with Crippen molar-refractivity contribution < 1.29 is 4.74 Å². The molecule has 0 amide bonds. The lowest BCUT2D eigenvalue weighted by molar-refractivity contribution is 0.119. The van der Waals surface area contributed by atoms with Gasteiger partial charge in [-0.25, -0.2) is 9.98 Å². The average molecular weight is 390 g/mol. The number of methoxy groups -OCH3 is 1. The fourth-order valence-electron chi connectivity index (χ4n) is 2.54. The average Bonchev–Trinajstić information content (AvgIpc) is 3.13. The predicted molar refractivity (Wildman–Crippen MR) is 115 cm³/mol. The van der Waals surface area contributed by atoms with Gasteiger partial charge in [-0.1, -0.05) is 12.1 Å². The van der Waals surface area contributed by atoms with Gasteiger partial charge in [-0.05, 0) is 31.5 Å². The van der Waals surface area contributed by atoms with Crippen molar-refractivity contribution in [1.29, 1.82) is 0 Å². The standard InChI is InChI=1S/C20H31N5OS/c1-7-21-20(22-12-16-8-10-18(11-9-16)24(3)4)25(5)13-17-14-27-19(23-17)15(2)26-6/h8-11,14-15H,7,12-13H2,1-6H3,(H,21,22). The summed E-state index contributed by atoms with van der Waals surface area (Å²) in [4.78, 5) is 13.7. The molecule has 0 saturated heterocycles. The molecule has 2 aromatic rings. The Morgan fingerprint density at radius 3 is 2.56 bits per heavy atom. The molecule has 0 saturated carbocycles. The lowest BCUT2D eigenvalue weighted by Crippen LogP contribution is -2.38. The molecule has 1 aromatic heterocycles. The smallest absolute Gasteiger partial charge is 0.194 e. The minimum Gasteiger partial charge on any atom is -0.378 e. The number of hydrogen-bond donors (Lipinski definition) is 1. The Balaban J connectivity index is 2.03. The highest BCUT2D eigenvalue weighted by Crippen LogP contribution is 2.21. The largest absolute Gasteiger partial charge is 0.378 e. The topological polar surface area (TPSA) is 53.0 Å². The van der Waals surface area contributed by atoms with Crippen LogP contribution >= 0.6 is 11.3 Å². The van der Waals surface area contributed by atoms with Gasteiger partial charge >= 0.3 is 0 Å². The van der Waals surface area contributed by atoms with E-state index in [-0.39, 0.29) is 6.10 Å². The lowest BCUT2D eigenvalue weighted by atomic mass is 10.2. The summed E-state index contributed by atoms with van der Waals surface area (Å²) in [7, 11) is 7.83. The van der Waals surface area contributed by atoms with E-state index in [9.17, 15) is 0 Å². The molecule has 0 bridgehead atoms. The number of guanidine groups is 1. The first-order valence-electron chi connectivity index (χ1n) is 9.17. The van der Waals surface area contributed by atoms with Gasteiger partial charge in [-0.2, -0.15) is 0 Å². The van der Waals surface area contributed by atoms with Crippen molar-refractivity contribution in [2.75, 3.05) is 39.7 Å². The molecule has 0 radical (unpaired) electrons. The first-order chi connectivity index (χ1) is 12.9. The number of anilines is 1. The summed E-state index contributed by atoms with van der Waals surface area (Å²) < 4.78 is 5.35. The number of benzene rings is 1. The van der Waals surface area contributed by atoms with E-state index in [0.717, 1.165) is 23.2 Å². The maximum atomic E-state index is 5.35. The summed E-state index contributed by atoms with van der Waals surface area (Å²) >= 11 is 1.64. The Hall–Kier alpha value is -2.12. The van der Waals surface area contributed by atoms with Crippen molar-refractivity contribution >= 4 is 23.0 Å². The monoisotopic (exact) mass is 389 g/mol. The van der Waals surface area contributed by atoms with Gasteiger partial charge in [-0.15, -0.1) is 11.3 Å². The van der Waals surface area contributed by atoms with Gasteiger partial charge in [0.1, 0.15) is 11.1 Å². The van der Waals surface area contributed by atoms with Crippen LogP contribution in [0.25, 0.3) is 0 Å². The van der Waals surface area contributed by atoms with Crippen molar-refractivity contribution in [1.82, 2.24) is 15.2 Å². The van der Waals surface area contributed by atoms with Crippen LogP contribution in [-0.2, 0) is 17.8 Å². The highest BCUT2D eigenvalue weighted by Gasteiger charge is 2.12. The molecular weight excluding hydrogens is 358 g/mol. The molecule has 1 aromatic carbocycles. The molecule has 0 aliphatic rings. The maximum Gasteiger partial charge on any atom is 0.194 e. The van der Waals surface area contributed by atoms with Crippen LogP contribution in [0.3, 0.4) is 0 Å². The molecule has 0 aliphatic heterocycles. The fraction of sp³-hybridized carbons (Fsp3) is 0.500. The first-order valence-corrected chi connectivity index (χ1v) is 10.0. The molecule has 1 heterocycles. The molecule has 6 nitrogen and oxygen atoms in total. The van der Waals surface area contributed by atoms with Crippen LogP contribution in [0, 0.1) is 0 Å². The van der Waals surface area contributed by atoms with Crippen LogP contribution < -0.4 is 10.2 Å². The first kappa shape index (κ1) is 21.2. The van der Waals surface area contributed by atoms with E-state index in [1.54, 1.807) is 18.4 Å². The number of nitrogens with zero attached hydrogens (tertiary/aromatic N) is 4. The lowest BCUT2D eigenvalue weighted by Gasteiger charge is -2.21. The van der Waals surface area contributed by atoms with E-state index in [2.05, 4.69) is 56.7 Å². The number of ether oxygens (including phenoxy) is 1. The molecule has 0 aliphatic carbocycles. The molecule has 0 fully saturated rings. The second-order valence-corrected chi connectivity index (χ2v) is 7.53. The minimum atomic E-state index is 0.0288. The van der Waals surface area contributed by atoms with E-state index >= 15 is 0 Å². The third-order valence-electron chi connectivity index (χ3n) is 4.23. The van der Waals surface area contributed by atoms with Crippen molar-refractivity contribution in [3.8, 4) is 0 Å². The Morgan fingerprint density at radius 1 is 1.26 bits per heavy atom. The molecular formula is C20H31N5OS. The quantitative estimate of drug-likeness (QED) is 0.553. The van der Waals surface area contributed by atoms with Gasteiger partial charge in [-0.3, -0.25) is 0 Å². The van der Waals surface area contributed by atoms with Crippen LogP contribution in [0.1, 0.15) is 36.2 Å². The highest BCUT2D eigenvalue weighted by molar-refractivity contribution is 7.09. The van der Waals surface area contributed by atoms with E-state index in [4.69, 9.17) is 9.73 Å². The molecule has 1 atom stereocenters. The zero-order valence-corrected chi connectivity index (χ0v) is 18.0. The van der Waals surface area contributed by atoms with Crippen LogP contribution in [0.15, 0.2) is 34.6 Å².